The first-order valence-corrected chi connectivity index (χ1v) is 8.24. The zero-order valence-electron chi connectivity index (χ0n) is 15.2. The summed E-state index contributed by atoms with van der Waals surface area (Å²) in [7, 11) is 1.56. The van der Waals surface area contributed by atoms with Gasteiger partial charge in [0.1, 0.15) is 0 Å². The number of nitrogens with one attached hydrogen (secondary N) is 1. The fourth-order valence-electron chi connectivity index (χ4n) is 2.33. The Labute approximate surface area is 154 Å². The molecule has 0 aliphatic rings. The van der Waals surface area contributed by atoms with E-state index in [9.17, 15) is 4.79 Å². The molecule has 0 aliphatic heterocycles. The highest BCUT2D eigenvalue weighted by molar-refractivity contribution is 6.28. The van der Waals surface area contributed by atoms with Gasteiger partial charge < -0.3 is 5.32 Å². The average molecular weight is 343 g/mol. The number of benzene rings is 2. The van der Waals surface area contributed by atoms with Crippen molar-refractivity contribution < 1.29 is 4.79 Å². The Morgan fingerprint density at radius 3 is 1.69 bits per heavy atom. The van der Waals surface area contributed by atoms with E-state index < -0.39 is 0 Å². The Bertz CT molecular complexity index is 877. The van der Waals surface area contributed by atoms with Crippen molar-refractivity contribution in [3.8, 4) is 12.1 Å². The first-order chi connectivity index (χ1) is 12.6. The quantitative estimate of drug-likeness (QED) is 0.511. The summed E-state index contributed by atoms with van der Waals surface area (Å²) in [4.78, 5) is 12.4. The van der Waals surface area contributed by atoms with Crippen LogP contribution in [0.5, 0.6) is 0 Å². The minimum Gasteiger partial charge on any atom is -0.355 e. The number of amides is 1. The number of carbonyl (C=O) groups is 1. The van der Waals surface area contributed by atoms with Gasteiger partial charge in [-0.25, -0.2) is 0 Å². The van der Waals surface area contributed by atoms with Crippen LogP contribution in [0.3, 0.4) is 0 Å². The number of nitriles is 2. The van der Waals surface area contributed by atoms with Crippen molar-refractivity contribution in [2.75, 3.05) is 7.05 Å². The topological polar surface area (TPSA) is 76.7 Å². The molecule has 0 heterocycles. The van der Waals surface area contributed by atoms with E-state index in [1.807, 2.05) is 13.8 Å². The molecular weight excluding hydrogens is 322 g/mol. The maximum Gasteiger partial charge on any atom is 0.252 e. The molecule has 0 unspecified atom stereocenters. The van der Waals surface area contributed by atoms with E-state index in [0.717, 1.165) is 5.56 Å². The van der Waals surface area contributed by atoms with E-state index in [-0.39, 0.29) is 5.91 Å². The summed E-state index contributed by atoms with van der Waals surface area (Å²) >= 11 is 0. The maximum absolute atomic E-state index is 12.4. The highest BCUT2D eigenvalue weighted by atomic mass is 16.1. The SMILES string of the molecule is C=C/C(=C(\C(=O)NC)c1ccc(C#N)cc1)c1ccc(C#N)cc1.CC. The molecule has 0 spiro atoms. The molecule has 0 bridgehead atoms. The Morgan fingerprint density at radius 1 is 0.923 bits per heavy atom. The van der Waals surface area contributed by atoms with Crippen LogP contribution in [0.2, 0.25) is 0 Å². The first kappa shape index (κ1) is 20.4. The minimum absolute atomic E-state index is 0.251. The Balaban J connectivity index is 0.00000163. The Kier molecular flexibility index (Phi) is 8.07. The third-order valence-corrected chi connectivity index (χ3v) is 3.56. The molecule has 130 valence electrons. The summed E-state index contributed by atoms with van der Waals surface area (Å²) in [6, 6.07) is 17.9. The molecule has 4 nitrogen and oxygen atoms in total. The van der Waals surface area contributed by atoms with Crippen LogP contribution in [0.15, 0.2) is 61.2 Å². The van der Waals surface area contributed by atoms with E-state index in [1.165, 1.54) is 0 Å². The molecule has 2 rings (SSSR count). The average Bonchev–Trinajstić information content (AvgIpc) is 2.73. The third kappa shape index (κ3) is 4.69. The number of hydrogen-bond donors (Lipinski definition) is 1. The van der Waals surface area contributed by atoms with Crippen molar-refractivity contribution in [2.24, 2.45) is 0 Å². The molecule has 26 heavy (non-hydrogen) atoms. The summed E-state index contributed by atoms with van der Waals surface area (Å²) in [5, 5.41) is 20.5. The summed E-state index contributed by atoms with van der Waals surface area (Å²) in [5.41, 5.74) is 3.65. The predicted octanol–water partition coefficient (Wildman–Crippen LogP) is 4.30. The largest absolute Gasteiger partial charge is 0.355 e. The van der Waals surface area contributed by atoms with Crippen LogP contribution in [-0.4, -0.2) is 13.0 Å². The van der Waals surface area contributed by atoms with E-state index in [4.69, 9.17) is 10.5 Å². The Hall–Kier alpha value is -3.63. The molecule has 0 saturated heterocycles. The maximum atomic E-state index is 12.4. The molecular formula is C22H21N3O. The number of nitrogens with zero attached hydrogens (tertiary/aromatic N) is 2. The van der Waals surface area contributed by atoms with E-state index in [1.54, 1.807) is 61.7 Å². The molecule has 1 amide bonds. The van der Waals surface area contributed by atoms with Crippen LogP contribution in [0.1, 0.15) is 36.1 Å². The van der Waals surface area contributed by atoms with Crippen molar-refractivity contribution in [2.45, 2.75) is 13.8 Å². The molecule has 1 N–H and O–H groups in total. The van der Waals surface area contributed by atoms with Crippen LogP contribution in [-0.2, 0) is 4.79 Å². The smallest absolute Gasteiger partial charge is 0.252 e. The number of carbonyl (C=O) groups excluding carboxylic acids is 1. The monoisotopic (exact) mass is 343 g/mol. The van der Waals surface area contributed by atoms with Crippen LogP contribution in [0.4, 0.5) is 0 Å². The lowest BCUT2D eigenvalue weighted by atomic mass is 9.93. The lowest BCUT2D eigenvalue weighted by Crippen LogP contribution is -2.20. The van der Waals surface area contributed by atoms with Gasteiger partial charge in [0, 0.05) is 7.05 Å². The number of hydrogen-bond acceptors (Lipinski definition) is 3. The van der Waals surface area contributed by atoms with Crippen molar-refractivity contribution in [3.05, 3.63) is 83.4 Å². The zero-order chi connectivity index (χ0) is 19.5. The van der Waals surface area contributed by atoms with Gasteiger partial charge in [0.15, 0.2) is 0 Å². The second-order valence-electron chi connectivity index (χ2n) is 4.95. The highest BCUT2D eigenvalue weighted by Crippen LogP contribution is 2.28. The van der Waals surface area contributed by atoms with Crippen LogP contribution in [0.25, 0.3) is 11.1 Å². The molecule has 0 saturated carbocycles. The molecule has 2 aromatic rings. The lowest BCUT2D eigenvalue weighted by molar-refractivity contribution is -0.115. The fourth-order valence-corrected chi connectivity index (χ4v) is 2.33. The van der Waals surface area contributed by atoms with E-state index >= 15 is 0 Å². The van der Waals surface area contributed by atoms with Gasteiger partial charge in [-0.15, -0.1) is 0 Å². The third-order valence-electron chi connectivity index (χ3n) is 3.56. The molecule has 2 aromatic carbocycles. The molecule has 0 aromatic heterocycles. The van der Waals surface area contributed by atoms with Crippen molar-refractivity contribution >= 4 is 17.1 Å². The van der Waals surface area contributed by atoms with Crippen LogP contribution in [0, 0.1) is 22.7 Å². The second kappa shape index (κ2) is 10.3. The number of likely N-dealkylation sites (N-methyl/N-ethyl adjacent to an activating group) is 1. The molecule has 0 aliphatic carbocycles. The molecule has 0 fully saturated rings. The predicted molar refractivity (Wildman–Crippen MR) is 105 cm³/mol. The van der Waals surface area contributed by atoms with Gasteiger partial charge in [-0.3, -0.25) is 4.79 Å². The van der Waals surface area contributed by atoms with E-state index in [2.05, 4.69) is 24.0 Å². The van der Waals surface area contributed by atoms with Crippen molar-refractivity contribution in [1.29, 1.82) is 10.5 Å². The normalized spacial score (nSPS) is 10.2. The first-order valence-electron chi connectivity index (χ1n) is 8.24. The summed E-state index contributed by atoms with van der Waals surface area (Å²) < 4.78 is 0. The van der Waals surface area contributed by atoms with Crippen LogP contribution >= 0.6 is 0 Å². The summed E-state index contributed by atoms with van der Waals surface area (Å²) in [6.07, 6.45) is 1.62. The van der Waals surface area contributed by atoms with Gasteiger partial charge in [0.2, 0.25) is 0 Å². The molecule has 4 heteroatoms. The second-order valence-corrected chi connectivity index (χ2v) is 4.95. The number of allylic oxidation sites excluding steroid dienone is 2. The van der Waals surface area contributed by atoms with Gasteiger partial charge in [0.25, 0.3) is 5.91 Å². The van der Waals surface area contributed by atoms with Gasteiger partial charge >= 0.3 is 0 Å². The number of rotatable bonds is 4. The van der Waals surface area contributed by atoms with E-state index in [0.29, 0.717) is 27.8 Å². The van der Waals surface area contributed by atoms with Gasteiger partial charge in [-0.1, -0.05) is 50.8 Å². The molecule has 0 atom stereocenters. The fraction of sp³-hybridized carbons (Fsp3) is 0.136. The van der Waals surface area contributed by atoms with Gasteiger partial charge in [-0.05, 0) is 41.0 Å². The molecule has 0 radical (unpaired) electrons. The summed E-state index contributed by atoms with van der Waals surface area (Å²) in [5.74, 6) is -0.251. The van der Waals surface area contributed by atoms with Gasteiger partial charge in [-0.2, -0.15) is 10.5 Å². The van der Waals surface area contributed by atoms with Crippen molar-refractivity contribution in [3.63, 3.8) is 0 Å². The van der Waals surface area contributed by atoms with Gasteiger partial charge in [0.05, 0.1) is 28.8 Å². The standard InChI is InChI=1S/C20H15N3O.C2H6/c1-3-18(16-8-4-14(12-21)5-9-16)19(20(24)23-2)17-10-6-15(13-22)7-11-17;1-2/h3-11H,1H2,2H3,(H,23,24);1-2H3/b19-18+;. The Morgan fingerprint density at radius 2 is 1.35 bits per heavy atom. The highest BCUT2D eigenvalue weighted by Gasteiger charge is 2.16. The van der Waals surface area contributed by atoms with Crippen LogP contribution < -0.4 is 5.32 Å². The zero-order valence-corrected chi connectivity index (χ0v) is 15.2. The lowest BCUT2D eigenvalue weighted by Gasteiger charge is -2.13. The minimum atomic E-state index is -0.251. The van der Waals surface area contributed by atoms with Crippen molar-refractivity contribution in [1.82, 2.24) is 5.32 Å². The summed E-state index contributed by atoms with van der Waals surface area (Å²) in [6.45, 7) is 7.82.